The van der Waals surface area contributed by atoms with Gasteiger partial charge in [0.25, 0.3) is 0 Å². The molecule has 6 heteroatoms. The van der Waals surface area contributed by atoms with Gasteiger partial charge in [-0.25, -0.2) is 4.79 Å². The van der Waals surface area contributed by atoms with Crippen molar-refractivity contribution in [2.45, 2.75) is 19.8 Å². The lowest BCUT2D eigenvalue weighted by molar-refractivity contribution is 0.0594. The van der Waals surface area contributed by atoms with Crippen LogP contribution in [0.15, 0.2) is 35.3 Å². The molecule has 1 N–H and O–H groups in total. The highest BCUT2D eigenvalue weighted by molar-refractivity contribution is 6.08. The predicted octanol–water partition coefficient (Wildman–Crippen LogP) is 3.04. The van der Waals surface area contributed by atoms with Gasteiger partial charge >= 0.3 is 5.97 Å². The number of aromatic nitrogens is 2. The van der Waals surface area contributed by atoms with E-state index in [0.717, 1.165) is 12.8 Å². The molecule has 24 heavy (non-hydrogen) atoms. The van der Waals surface area contributed by atoms with Crippen molar-refractivity contribution in [2.75, 3.05) is 13.7 Å². The molecule has 0 aliphatic rings. The number of H-pyrrole nitrogens is 1. The molecule has 124 valence electrons. The van der Waals surface area contributed by atoms with Crippen LogP contribution in [0.3, 0.4) is 0 Å². The van der Waals surface area contributed by atoms with E-state index < -0.39 is 5.97 Å². The number of esters is 1. The van der Waals surface area contributed by atoms with Crippen molar-refractivity contribution in [3.8, 4) is 5.75 Å². The number of aromatic amines is 1. The number of hydrogen-bond donors (Lipinski definition) is 1. The number of pyridine rings is 2. The van der Waals surface area contributed by atoms with Gasteiger partial charge in [-0.15, -0.1) is 0 Å². The first-order valence-corrected chi connectivity index (χ1v) is 7.81. The Hall–Kier alpha value is -2.89. The molecule has 6 nitrogen and oxygen atoms in total. The van der Waals surface area contributed by atoms with E-state index in [-0.39, 0.29) is 11.1 Å². The molecule has 0 radical (unpaired) electrons. The highest BCUT2D eigenvalue weighted by Crippen LogP contribution is 2.29. The van der Waals surface area contributed by atoms with Crippen molar-refractivity contribution in [3.05, 3.63) is 46.4 Å². The lowest BCUT2D eigenvalue weighted by Crippen LogP contribution is -2.12. The largest absolute Gasteiger partial charge is 0.491 e. The van der Waals surface area contributed by atoms with E-state index in [0.29, 0.717) is 34.2 Å². The van der Waals surface area contributed by atoms with E-state index in [2.05, 4.69) is 21.6 Å². The molecular weight excluding hydrogens is 308 g/mol. The molecule has 3 rings (SSSR count). The maximum Gasteiger partial charge on any atom is 0.354 e. The summed E-state index contributed by atoms with van der Waals surface area (Å²) in [6.45, 7) is 2.65. The quantitative estimate of drug-likeness (QED) is 0.443. The maximum atomic E-state index is 12.5. The van der Waals surface area contributed by atoms with Crippen LogP contribution >= 0.6 is 0 Å². The Kier molecular flexibility index (Phi) is 4.46. The second-order valence-corrected chi connectivity index (χ2v) is 5.44. The molecule has 0 unspecified atom stereocenters. The molecule has 0 aliphatic heterocycles. The fourth-order valence-electron chi connectivity index (χ4n) is 2.62. The minimum atomic E-state index is -0.589. The van der Waals surface area contributed by atoms with Crippen LogP contribution < -0.4 is 10.2 Å². The molecule has 0 amide bonds. The van der Waals surface area contributed by atoms with Crippen molar-refractivity contribution < 1.29 is 14.3 Å². The number of methoxy groups -OCH3 is 1. The molecule has 0 spiro atoms. The number of carbonyl (C=O) groups is 1. The fourth-order valence-corrected chi connectivity index (χ4v) is 2.62. The number of fused-ring (bicyclic) bond motifs is 3. The lowest BCUT2D eigenvalue weighted by Gasteiger charge is -2.11. The number of carbonyl (C=O) groups excluding carboxylic acids is 1. The van der Waals surface area contributed by atoms with Crippen LogP contribution in [-0.2, 0) is 4.74 Å². The number of unbranched alkanes of at least 4 members (excludes halogenated alkanes) is 1. The van der Waals surface area contributed by atoms with Gasteiger partial charge < -0.3 is 14.5 Å². The standard InChI is InChI=1S/C18H18N2O4/c1-3-4-8-24-15-10-12-16(11-6-5-7-19-17(11)15)14(21)9-13(20-12)18(22)23-2/h5-7,9-10H,3-4,8H2,1-2H3,(H,20,21). The van der Waals surface area contributed by atoms with E-state index in [4.69, 9.17) is 4.74 Å². The second-order valence-electron chi connectivity index (χ2n) is 5.44. The molecule has 3 aromatic rings. The molecule has 1 aromatic carbocycles. The van der Waals surface area contributed by atoms with E-state index >= 15 is 0 Å². The lowest BCUT2D eigenvalue weighted by atomic mass is 10.1. The highest BCUT2D eigenvalue weighted by atomic mass is 16.5. The summed E-state index contributed by atoms with van der Waals surface area (Å²) in [5, 5.41) is 1.17. The first kappa shape index (κ1) is 16.0. The summed E-state index contributed by atoms with van der Waals surface area (Å²) in [7, 11) is 1.27. The summed E-state index contributed by atoms with van der Waals surface area (Å²) in [5.41, 5.74) is 1.01. The zero-order chi connectivity index (χ0) is 17.1. The number of nitrogens with one attached hydrogen (secondary N) is 1. The third kappa shape index (κ3) is 2.82. The van der Waals surface area contributed by atoms with E-state index in [1.165, 1.54) is 13.2 Å². The normalized spacial score (nSPS) is 10.9. The summed E-state index contributed by atoms with van der Waals surface area (Å²) in [4.78, 5) is 31.6. The third-order valence-corrected chi connectivity index (χ3v) is 3.81. The zero-order valence-electron chi connectivity index (χ0n) is 13.6. The molecular formula is C18H18N2O4. The SMILES string of the molecule is CCCCOc1cc2[nH]c(C(=O)OC)cc(=O)c2c2cccnc12. The van der Waals surface area contributed by atoms with Crippen molar-refractivity contribution in [3.63, 3.8) is 0 Å². The van der Waals surface area contributed by atoms with Crippen molar-refractivity contribution >= 4 is 27.8 Å². The van der Waals surface area contributed by atoms with Gasteiger partial charge in [0.1, 0.15) is 17.0 Å². The molecule has 0 saturated carbocycles. The van der Waals surface area contributed by atoms with Gasteiger partial charge in [-0.3, -0.25) is 9.78 Å². The number of rotatable bonds is 5. The predicted molar refractivity (Wildman–Crippen MR) is 91.6 cm³/mol. The van der Waals surface area contributed by atoms with E-state index in [1.54, 1.807) is 18.3 Å². The average molecular weight is 326 g/mol. The number of benzene rings is 1. The van der Waals surface area contributed by atoms with Crippen molar-refractivity contribution in [2.24, 2.45) is 0 Å². The van der Waals surface area contributed by atoms with Crippen LogP contribution in [0.25, 0.3) is 21.8 Å². The van der Waals surface area contributed by atoms with E-state index in [1.807, 2.05) is 6.07 Å². The van der Waals surface area contributed by atoms with Crippen molar-refractivity contribution in [1.82, 2.24) is 9.97 Å². The molecule has 2 heterocycles. The van der Waals surface area contributed by atoms with Crippen LogP contribution in [0.4, 0.5) is 0 Å². The van der Waals surface area contributed by atoms with Crippen molar-refractivity contribution in [1.29, 1.82) is 0 Å². The smallest absolute Gasteiger partial charge is 0.354 e. The molecule has 0 saturated heterocycles. The molecule has 0 fully saturated rings. The number of ether oxygens (including phenoxy) is 2. The van der Waals surface area contributed by atoms with Crippen LogP contribution in [-0.4, -0.2) is 29.7 Å². The van der Waals surface area contributed by atoms with Gasteiger partial charge in [0, 0.05) is 23.7 Å². The monoisotopic (exact) mass is 326 g/mol. The Morgan fingerprint density at radius 1 is 1.33 bits per heavy atom. The maximum absolute atomic E-state index is 12.5. The summed E-state index contributed by atoms with van der Waals surface area (Å²) >= 11 is 0. The topological polar surface area (TPSA) is 81.3 Å². The Balaban J connectivity index is 2.27. The molecule has 0 aliphatic carbocycles. The third-order valence-electron chi connectivity index (χ3n) is 3.81. The van der Waals surface area contributed by atoms with Gasteiger partial charge in [0.2, 0.25) is 0 Å². The summed E-state index contributed by atoms with van der Waals surface area (Å²) in [6, 6.07) is 6.56. The Bertz CT molecular complexity index is 962. The second kappa shape index (κ2) is 6.70. The zero-order valence-corrected chi connectivity index (χ0v) is 13.6. The first-order chi connectivity index (χ1) is 11.7. The van der Waals surface area contributed by atoms with Gasteiger partial charge in [-0.05, 0) is 12.5 Å². The number of hydrogen-bond acceptors (Lipinski definition) is 5. The van der Waals surface area contributed by atoms with Gasteiger partial charge in [-0.2, -0.15) is 0 Å². The van der Waals surface area contributed by atoms with Crippen LogP contribution in [0.1, 0.15) is 30.3 Å². The Morgan fingerprint density at radius 3 is 2.92 bits per heavy atom. The minimum Gasteiger partial charge on any atom is -0.491 e. The Labute approximate surface area is 138 Å². The minimum absolute atomic E-state index is 0.109. The molecule has 2 aromatic heterocycles. The van der Waals surface area contributed by atoms with Crippen LogP contribution in [0.2, 0.25) is 0 Å². The molecule has 0 bridgehead atoms. The summed E-state index contributed by atoms with van der Waals surface area (Å²) < 4.78 is 10.5. The van der Waals surface area contributed by atoms with Gasteiger partial charge in [-0.1, -0.05) is 19.4 Å². The van der Waals surface area contributed by atoms with Gasteiger partial charge in [0.15, 0.2) is 5.43 Å². The first-order valence-electron chi connectivity index (χ1n) is 7.81. The fraction of sp³-hybridized carbons (Fsp3) is 0.278. The van der Waals surface area contributed by atoms with Crippen LogP contribution in [0.5, 0.6) is 5.75 Å². The Morgan fingerprint density at radius 2 is 2.17 bits per heavy atom. The van der Waals surface area contributed by atoms with Crippen LogP contribution in [0, 0.1) is 0 Å². The summed E-state index contributed by atoms with van der Waals surface area (Å²) in [5.74, 6) is -0.00190. The van der Waals surface area contributed by atoms with E-state index in [9.17, 15) is 9.59 Å². The highest BCUT2D eigenvalue weighted by Gasteiger charge is 2.15. The van der Waals surface area contributed by atoms with Gasteiger partial charge in [0.05, 0.1) is 24.6 Å². The number of nitrogens with zero attached hydrogens (tertiary/aromatic N) is 1. The molecule has 0 atom stereocenters. The summed E-state index contributed by atoms with van der Waals surface area (Å²) in [6.07, 6.45) is 3.60. The average Bonchev–Trinajstić information content (AvgIpc) is 2.60.